The third-order valence-electron chi connectivity index (χ3n) is 3.99. The molecule has 1 aromatic heterocycles. The molecule has 3 rings (SSSR count). The lowest BCUT2D eigenvalue weighted by molar-refractivity contribution is -0.141. The van der Waals surface area contributed by atoms with Gasteiger partial charge in [0, 0.05) is 22.9 Å². The van der Waals surface area contributed by atoms with Crippen molar-refractivity contribution in [3.05, 3.63) is 57.2 Å². The van der Waals surface area contributed by atoms with E-state index in [1.807, 2.05) is 18.2 Å². The van der Waals surface area contributed by atoms with E-state index in [0.29, 0.717) is 18.0 Å². The minimum Gasteiger partial charge on any atom is -0.379 e. The van der Waals surface area contributed by atoms with Gasteiger partial charge in [0.15, 0.2) is 0 Å². The summed E-state index contributed by atoms with van der Waals surface area (Å²) in [5.74, 6) is -0.124. The molecule has 1 N–H and O–H groups in total. The van der Waals surface area contributed by atoms with Crippen molar-refractivity contribution in [2.45, 2.75) is 31.8 Å². The quantitative estimate of drug-likeness (QED) is 0.788. The lowest BCUT2D eigenvalue weighted by atomic mass is 9.95. The highest BCUT2D eigenvalue weighted by molar-refractivity contribution is 7.09. The number of hydrogen-bond donors (Lipinski definition) is 1. The Kier molecular flexibility index (Phi) is 5.21. The fourth-order valence-electron chi connectivity index (χ4n) is 2.57. The Balaban J connectivity index is 1.49. The first-order valence-corrected chi connectivity index (χ1v) is 9.14. The van der Waals surface area contributed by atoms with Crippen molar-refractivity contribution in [1.82, 2.24) is 5.32 Å². The normalized spacial score (nSPS) is 19.7. The molecule has 0 fully saturated rings. The zero-order chi connectivity index (χ0) is 17.0. The fourth-order valence-corrected chi connectivity index (χ4v) is 3.44. The number of thiophene rings is 1. The minimum atomic E-state index is -0.947. The summed E-state index contributed by atoms with van der Waals surface area (Å²) in [5.41, 5.74) is 0.745. The third kappa shape index (κ3) is 3.97. The number of benzene rings is 1. The third-order valence-corrected chi connectivity index (χ3v) is 5.17. The van der Waals surface area contributed by atoms with Gasteiger partial charge in [-0.15, -0.1) is 11.3 Å². The van der Waals surface area contributed by atoms with Gasteiger partial charge in [0.1, 0.15) is 0 Å². The summed E-state index contributed by atoms with van der Waals surface area (Å²) in [6, 6.07) is 11.5. The largest absolute Gasteiger partial charge is 0.379 e. The molecule has 0 spiro atoms. The lowest BCUT2D eigenvalue weighted by Gasteiger charge is -2.20. The lowest BCUT2D eigenvalue weighted by Crippen LogP contribution is -2.45. The maximum Gasteiger partial charge on any atom is 0.267 e. The van der Waals surface area contributed by atoms with E-state index in [4.69, 9.17) is 16.4 Å². The number of carbonyl (C=O) groups excluding carboxylic acids is 1. The van der Waals surface area contributed by atoms with Gasteiger partial charge in [0.05, 0.1) is 5.71 Å². The van der Waals surface area contributed by atoms with Crippen LogP contribution in [0.4, 0.5) is 0 Å². The number of amides is 1. The number of carbonyl (C=O) groups is 1. The Labute approximate surface area is 150 Å². The summed E-state index contributed by atoms with van der Waals surface area (Å²) in [7, 11) is 0. The molecular formula is C18H19ClN2O2S. The molecular weight excluding hydrogens is 344 g/mol. The van der Waals surface area contributed by atoms with Crippen LogP contribution in [0.2, 0.25) is 5.02 Å². The Morgan fingerprint density at radius 3 is 2.88 bits per heavy atom. The van der Waals surface area contributed by atoms with Crippen LogP contribution in [0, 0.1) is 0 Å². The number of halogens is 1. The molecule has 1 aliphatic rings. The maximum absolute atomic E-state index is 12.4. The van der Waals surface area contributed by atoms with Gasteiger partial charge in [-0.3, -0.25) is 4.79 Å². The first-order chi connectivity index (χ1) is 11.6. The van der Waals surface area contributed by atoms with Crippen LogP contribution in [0.1, 0.15) is 30.2 Å². The zero-order valence-electron chi connectivity index (χ0n) is 13.4. The summed E-state index contributed by atoms with van der Waals surface area (Å²) in [4.78, 5) is 19.2. The molecule has 0 saturated heterocycles. The molecule has 1 aromatic carbocycles. The first-order valence-electron chi connectivity index (χ1n) is 7.88. The second-order valence-corrected chi connectivity index (χ2v) is 7.45. The van der Waals surface area contributed by atoms with Crippen LogP contribution >= 0.6 is 22.9 Å². The molecule has 2 heterocycles. The molecule has 0 saturated carbocycles. The predicted octanol–water partition coefficient (Wildman–Crippen LogP) is 4.03. The smallest absolute Gasteiger partial charge is 0.267 e. The van der Waals surface area contributed by atoms with Crippen molar-refractivity contribution in [2.75, 3.05) is 6.54 Å². The number of aryl methyl sites for hydroxylation is 1. The van der Waals surface area contributed by atoms with Crippen molar-refractivity contribution < 1.29 is 9.63 Å². The van der Waals surface area contributed by atoms with Crippen molar-refractivity contribution >= 4 is 34.6 Å². The zero-order valence-corrected chi connectivity index (χ0v) is 15.0. The van der Waals surface area contributed by atoms with Crippen molar-refractivity contribution in [3.8, 4) is 0 Å². The summed E-state index contributed by atoms with van der Waals surface area (Å²) < 4.78 is 0. The van der Waals surface area contributed by atoms with E-state index in [1.54, 1.807) is 30.4 Å². The number of nitrogens with zero attached hydrogens (tertiary/aromatic N) is 1. The molecule has 1 unspecified atom stereocenters. The number of oxime groups is 1. The van der Waals surface area contributed by atoms with Gasteiger partial charge in [-0.25, -0.2) is 0 Å². The molecule has 2 aromatic rings. The highest BCUT2D eigenvalue weighted by Gasteiger charge is 2.41. The Bertz CT molecular complexity index is 728. The second-order valence-electron chi connectivity index (χ2n) is 5.98. The highest BCUT2D eigenvalue weighted by Crippen LogP contribution is 2.27. The van der Waals surface area contributed by atoms with Crippen LogP contribution in [-0.4, -0.2) is 23.8 Å². The molecule has 1 atom stereocenters. The number of nitrogens with one attached hydrogen (secondary N) is 1. The average molecular weight is 363 g/mol. The Morgan fingerprint density at radius 1 is 1.38 bits per heavy atom. The predicted molar refractivity (Wildman–Crippen MR) is 97.7 cm³/mol. The highest BCUT2D eigenvalue weighted by atomic mass is 35.5. The molecule has 0 aliphatic carbocycles. The summed E-state index contributed by atoms with van der Waals surface area (Å²) in [5, 5.41) is 9.79. The van der Waals surface area contributed by atoms with E-state index in [9.17, 15) is 4.79 Å². The van der Waals surface area contributed by atoms with Crippen LogP contribution in [0.3, 0.4) is 0 Å². The molecule has 1 aliphatic heterocycles. The summed E-state index contributed by atoms with van der Waals surface area (Å²) in [6.45, 7) is 2.40. The van der Waals surface area contributed by atoms with E-state index >= 15 is 0 Å². The molecule has 126 valence electrons. The van der Waals surface area contributed by atoms with Crippen molar-refractivity contribution in [3.63, 3.8) is 0 Å². The fraction of sp³-hybridized carbons (Fsp3) is 0.333. The topological polar surface area (TPSA) is 50.7 Å². The molecule has 0 radical (unpaired) electrons. The molecule has 0 bridgehead atoms. The van der Waals surface area contributed by atoms with E-state index in [1.165, 1.54) is 4.88 Å². The standard InChI is InChI=1S/C18H19ClN2O2S/c1-18(17(22)20-10-2-4-15-5-3-11-24-15)12-16(21-23-18)13-6-8-14(19)9-7-13/h3,5-9,11H,2,4,10,12H2,1H3,(H,20,22). The monoisotopic (exact) mass is 362 g/mol. The van der Waals surface area contributed by atoms with Crippen molar-refractivity contribution in [1.29, 1.82) is 0 Å². The van der Waals surface area contributed by atoms with Crippen LogP contribution in [0.25, 0.3) is 0 Å². The Morgan fingerprint density at radius 2 is 2.17 bits per heavy atom. The van der Waals surface area contributed by atoms with E-state index in [-0.39, 0.29) is 5.91 Å². The van der Waals surface area contributed by atoms with Gasteiger partial charge in [-0.2, -0.15) is 0 Å². The van der Waals surface area contributed by atoms with Gasteiger partial charge in [-0.1, -0.05) is 35.0 Å². The second kappa shape index (κ2) is 7.36. The summed E-state index contributed by atoms with van der Waals surface area (Å²) >= 11 is 7.64. The van der Waals surface area contributed by atoms with Gasteiger partial charge < -0.3 is 10.2 Å². The van der Waals surface area contributed by atoms with Crippen LogP contribution in [0.5, 0.6) is 0 Å². The average Bonchev–Trinajstić information content (AvgIpc) is 3.22. The van der Waals surface area contributed by atoms with E-state index < -0.39 is 5.60 Å². The SMILES string of the molecule is CC1(C(=O)NCCCc2cccs2)CC(c2ccc(Cl)cc2)=NO1. The van der Waals surface area contributed by atoms with Gasteiger partial charge in [0.2, 0.25) is 5.60 Å². The maximum atomic E-state index is 12.4. The van der Waals surface area contributed by atoms with Crippen LogP contribution in [-0.2, 0) is 16.1 Å². The molecule has 1 amide bonds. The first kappa shape index (κ1) is 17.0. The molecule has 24 heavy (non-hydrogen) atoms. The van der Waals surface area contributed by atoms with Gasteiger partial charge in [0.25, 0.3) is 5.91 Å². The summed E-state index contributed by atoms with van der Waals surface area (Å²) in [6.07, 6.45) is 2.33. The van der Waals surface area contributed by atoms with Gasteiger partial charge >= 0.3 is 0 Å². The van der Waals surface area contributed by atoms with Crippen LogP contribution < -0.4 is 5.32 Å². The van der Waals surface area contributed by atoms with E-state index in [2.05, 4.69) is 21.9 Å². The minimum absolute atomic E-state index is 0.124. The van der Waals surface area contributed by atoms with Gasteiger partial charge in [-0.05, 0) is 48.9 Å². The molecule has 4 nitrogen and oxygen atoms in total. The van der Waals surface area contributed by atoms with E-state index in [0.717, 1.165) is 24.1 Å². The molecule has 6 heteroatoms. The number of hydrogen-bond acceptors (Lipinski definition) is 4. The Hall–Kier alpha value is -1.85. The van der Waals surface area contributed by atoms with Crippen LogP contribution in [0.15, 0.2) is 46.9 Å². The van der Waals surface area contributed by atoms with Crippen molar-refractivity contribution in [2.24, 2.45) is 5.16 Å². The number of rotatable bonds is 6.